The molecule has 0 saturated carbocycles. The topological polar surface area (TPSA) is 46.6 Å². The molecule has 0 spiro atoms. The molecule has 144 valence electrons. The molecule has 26 heavy (non-hydrogen) atoms. The third-order valence-electron chi connectivity index (χ3n) is 4.48. The normalized spacial score (nSPS) is 20.5. The molecule has 1 aliphatic rings. The summed E-state index contributed by atoms with van der Waals surface area (Å²) in [4.78, 5) is 27.4. The van der Waals surface area contributed by atoms with E-state index in [1.54, 1.807) is 16.7 Å². The van der Waals surface area contributed by atoms with E-state index in [0.29, 0.717) is 11.3 Å². The molecule has 5 heteroatoms. The van der Waals surface area contributed by atoms with E-state index in [0.717, 1.165) is 12.8 Å². The van der Waals surface area contributed by atoms with Gasteiger partial charge < -0.3 is 9.64 Å². The van der Waals surface area contributed by atoms with Crippen LogP contribution in [0, 0.1) is 0 Å². The molecule has 4 nitrogen and oxygen atoms in total. The second-order valence-electron chi connectivity index (χ2n) is 8.12. The number of esters is 1. The lowest BCUT2D eigenvalue weighted by Crippen LogP contribution is -2.46. The van der Waals surface area contributed by atoms with Gasteiger partial charge in [0, 0.05) is 11.3 Å². The first-order valence-electron chi connectivity index (χ1n) is 9.40. The average Bonchev–Trinajstić information content (AvgIpc) is 2.97. The van der Waals surface area contributed by atoms with Crippen LogP contribution in [0.4, 0.5) is 0 Å². The Balaban J connectivity index is 2.26. The van der Waals surface area contributed by atoms with Gasteiger partial charge in [0.25, 0.3) is 5.91 Å². The van der Waals surface area contributed by atoms with E-state index in [-0.39, 0.29) is 28.8 Å². The largest absolute Gasteiger partial charge is 0.461 e. The van der Waals surface area contributed by atoms with Gasteiger partial charge in [-0.15, -0.1) is 11.8 Å². The summed E-state index contributed by atoms with van der Waals surface area (Å²) in [7, 11) is 0. The van der Waals surface area contributed by atoms with E-state index in [1.165, 1.54) is 5.56 Å². The molecule has 1 aromatic rings. The van der Waals surface area contributed by atoms with Gasteiger partial charge in [-0.3, -0.25) is 4.79 Å². The fraction of sp³-hybridized carbons (Fsp3) is 0.619. The second kappa shape index (κ2) is 8.47. The second-order valence-corrected chi connectivity index (χ2v) is 9.33. The highest BCUT2D eigenvalue weighted by Gasteiger charge is 2.42. The van der Waals surface area contributed by atoms with Crippen LogP contribution in [-0.4, -0.2) is 40.0 Å². The predicted molar refractivity (Wildman–Crippen MR) is 107 cm³/mol. The van der Waals surface area contributed by atoms with Gasteiger partial charge in [-0.2, -0.15) is 0 Å². The fourth-order valence-electron chi connectivity index (χ4n) is 3.06. The van der Waals surface area contributed by atoms with Gasteiger partial charge in [0.15, 0.2) is 0 Å². The Morgan fingerprint density at radius 2 is 1.85 bits per heavy atom. The summed E-state index contributed by atoms with van der Waals surface area (Å²) in [6.07, 6.45) is 1.67. The molecule has 1 amide bonds. The third kappa shape index (κ3) is 4.81. The maximum Gasteiger partial charge on any atom is 0.330 e. The van der Waals surface area contributed by atoms with Crippen molar-refractivity contribution >= 4 is 23.6 Å². The van der Waals surface area contributed by atoms with E-state index < -0.39 is 6.04 Å². The number of amides is 1. The summed E-state index contributed by atoms with van der Waals surface area (Å²) >= 11 is 1.67. The highest BCUT2D eigenvalue weighted by Crippen LogP contribution is 2.34. The van der Waals surface area contributed by atoms with Crippen LogP contribution in [0.5, 0.6) is 0 Å². The Morgan fingerprint density at radius 1 is 1.23 bits per heavy atom. The Labute approximate surface area is 161 Å². The lowest BCUT2D eigenvalue weighted by molar-refractivity contribution is -0.151. The zero-order valence-corrected chi connectivity index (χ0v) is 17.6. The van der Waals surface area contributed by atoms with Crippen LogP contribution in [0.1, 0.15) is 70.3 Å². The molecule has 2 atom stereocenters. The van der Waals surface area contributed by atoms with E-state index in [9.17, 15) is 9.59 Å². The Hall–Kier alpha value is -1.49. The minimum absolute atomic E-state index is 0.0273. The Kier molecular flexibility index (Phi) is 6.78. The van der Waals surface area contributed by atoms with Crippen LogP contribution in [0.3, 0.4) is 0 Å². The SMILES string of the molecule is CCC[C@H]1SC[C@H](C(=O)OC(C)C)N1C(=O)c1ccc(C(C)(C)C)cc1. The molecule has 0 unspecified atom stereocenters. The molecular formula is C21H31NO3S. The van der Waals surface area contributed by atoms with Crippen molar-refractivity contribution in [3.8, 4) is 0 Å². The van der Waals surface area contributed by atoms with Crippen molar-refractivity contribution in [1.29, 1.82) is 0 Å². The molecule has 2 rings (SSSR count). The minimum atomic E-state index is -0.506. The van der Waals surface area contributed by atoms with Gasteiger partial charge in [0.05, 0.1) is 11.5 Å². The summed E-state index contributed by atoms with van der Waals surface area (Å²) in [5.41, 5.74) is 1.86. The molecule has 1 saturated heterocycles. The zero-order valence-electron chi connectivity index (χ0n) is 16.7. The highest BCUT2D eigenvalue weighted by atomic mass is 32.2. The quantitative estimate of drug-likeness (QED) is 0.703. The molecule has 1 aromatic carbocycles. The van der Waals surface area contributed by atoms with Crippen molar-refractivity contribution in [3.63, 3.8) is 0 Å². The fourth-order valence-corrected chi connectivity index (χ4v) is 4.57. The van der Waals surface area contributed by atoms with Gasteiger partial charge in [-0.1, -0.05) is 46.2 Å². The van der Waals surface area contributed by atoms with Gasteiger partial charge in [-0.25, -0.2) is 4.79 Å². The average molecular weight is 378 g/mol. The molecular weight excluding hydrogens is 346 g/mol. The molecule has 1 aliphatic heterocycles. The van der Waals surface area contributed by atoms with E-state index in [2.05, 4.69) is 27.7 Å². The number of benzene rings is 1. The van der Waals surface area contributed by atoms with Crippen LogP contribution in [0.15, 0.2) is 24.3 Å². The van der Waals surface area contributed by atoms with Crippen molar-refractivity contribution in [1.82, 2.24) is 4.90 Å². The van der Waals surface area contributed by atoms with E-state index >= 15 is 0 Å². The number of carbonyl (C=O) groups is 2. The predicted octanol–water partition coefficient (Wildman–Crippen LogP) is 4.62. The summed E-state index contributed by atoms with van der Waals surface area (Å²) in [6, 6.07) is 7.26. The molecule has 1 fully saturated rings. The van der Waals surface area contributed by atoms with E-state index in [1.807, 2.05) is 38.1 Å². The Morgan fingerprint density at radius 3 is 2.35 bits per heavy atom. The summed E-state index contributed by atoms with van der Waals surface area (Å²) in [5, 5.41) is 0.0273. The molecule has 0 aromatic heterocycles. The molecule has 1 heterocycles. The van der Waals surface area contributed by atoms with Crippen molar-refractivity contribution in [2.24, 2.45) is 0 Å². The van der Waals surface area contributed by atoms with Gasteiger partial charge in [0.1, 0.15) is 6.04 Å². The van der Waals surface area contributed by atoms with Crippen LogP contribution in [-0.2, 0) is 14.9 Å². The summed E-state index contributed by atoms with van der Waals surface area (Å²) in [6.45, 7) is 12.2. The number of nitrogens with zero attached hydrogens (tertiary/aromatic N) is 1. The van der Waals surface area contributed by atoms with Crippen molar-refractivity contribution in [3.05, 3.63) is 35.4 Å². The smallest absolute Gasteiger partial charge is 0.330 e. The first kappa shape index (κ1) is 20.8. The van der Waals surface area contributed by atoms with Crippen LogP contribution in [0.2, 0.25) is 0 Å². The van der Waals surface area contributed by atoms with Crippen molar-refractivity contribution < 1.29 is 14.3 Å². The van der Waals surface area contributed by atoms with Gasteiger partial charge in [-0.05, 0) is 43.4 Å². The molecule has 0 N–H and O–H groups in total. The van der Waals surface area contributed by atoms with Crippen LogP contribution < -0.4 is 0 Å². The minimum Gasteiger partial charge on any atom is -0.461 e. The highest BCUT2D eigenvalue weighted by molar-refractivity contribution is 8.00. The standard InChI is InChI=1S/C21H31NO3S/c1-7-8-18-22(17(13-26-18)20(24)25-14(2)3)19(23)15-9-11-16(12-10-15)21(4,5)6/h9-12,14,17-18H,7-8,13H2,1-6H3/t17-,18-/m1/s1. The Bertz CT molecular complexity index is 634. The summed E-state index contributed by atoms with van der Waals surface area (Å²) in [5.74, 6) is 0.215. The number of hydrogen-bond donors (Lipinski definition) is 0. The van der Waals surface area contributed by atoms with Gasteiger partial charge >= 0.3 is 5.97 Å². The van der Waals surface area contributed by atoms with Crippen molar-refractivity contribution in [2.45, 2.75) is 77.3 Å². The first-order valence-corrected chi connectivity index (χ1v) is 10.4. The van der Waals surface area contributed by atoms with Crippen molar-refractivity contribution in [2.75, 3.05) is 5.75 Å². The van der Waals surface area contributed by atoms with E-state index in [4.69, 9.17) is 4.74 Å². The van der Waals surface area contributed by atoms with Crippen LogP contribution >= 0.6 is 11.8 Å². The zero-order chi connectivity index (χ0) is 19.5. The lowest BCUT2D eigenvalue weighted by atomic mass is 9.86. The molecule has 0 bridgehead atoms. The first-order chi connectivity index (χ1) is 12.1. The third-order valence-corrected chi connectivity index (χ3v) is 5.84. The number of thioether (sulfide) groups is 1. The monoisotopic (exact) mass is 377 g/mol. The lowest BCUT2D eigenvalue weighted by Gasteiger charge is -2.29. The maximum atomic E-state index is 13.2. The maximum absolute atomic E-state index is 13.2. The summed E-state index contributed by atoms with van der Waals surface area (Å²) < 4.78 is 5.39. The number of rotatable bonds is 5. The van der Waals surface area contributed by atoms with Crippen LogP contribution in [0.25, 0.3) is 0 Å². The number of hydrogen-bond acceptors (Lipinski definition) is 4. The molecule has 0 radical (unpaired) electrons. The number of carbonyl (C=O) groups excluding carboxylic acids is 2. The van der Waals surface area contributed by atoms with Gasteiger partial charge in [0.2, 0.25) is 0 Å². The number of ether oxygens (including phenoxy) is 1. The molecule has 0 aliphatic carbocycles.